The van der Waals surface area contributed by atoms with Crippen molar-refractivity contribution in [3.63, 3.8) is 0 Å². The Bertz CT molecular complexity index is 702. The number of rotatable bonds is 2. The lowest BCUT2D eigenvalue weighted by Crippen LogP contribution is -2.57. The fraction of sp³-hybridized carbons (Fsp3) is 0.800. The molecule has 6 heteroatoms. The first-order chi connectivity index (χ1) is 12.0. The maximum absolute atomic E-state index is 12.5. The molecule has 0 radical (unpaired) electrons. The van der Waals surface area contributed by atoms with E-state index in [0.29, 0.717) is 32.1 Å². The highest BCUT2D eigenvalue weighted by Gasteiger charge is 2.78. The first-order valence-corrected chi connectivity index (χ1v) is 9.50. The number of allylic oxidation sites excluding steroid dienone is 1. The van der Waals surface area contributed by atoms with Crippen LogP contribution in [0.2, 0.25) is 0 Å². The number of carboxylic acids is 2. The predicted octanol–water partition coefficient (Wildman–Crippen LogP) is 1.90. The Hall–Kier alpha value is -1.40. The number of carbonyl (C=O) groups is 2. The van der Waals surface area contributed by atoms with Crippen molar-refractivity contribution < 1.29 is 30.0 Å². The number of aliphatic carboxylic acids is 2. The van der Waals surface area contributed by atoms with Gasteiger partial charge in [0.1, 0.15) is 0 Å². The fourth-order valence-electron chi connectivity index (χ4n) is 7.93. The number of carboxylic acid groups (broad SMARTS) is 2. The van der Waals surface area contributed by atoms with Crippen molar-refractivity contribution in [3.8, 4) is 0 Å². The van der Waals surface area contributed by atoms with Gasteiger partial charge in [0.05, 0.1) is 23.5 Å². The lowest BCUT2D eigenvalue weighted by Gasteiger charge is -2.53. The average molecular weight is 364 g/mol. The fourth-order valence-corrected chi connectivity index (χ4v) is 7.93. The summed E-state index contributed by atoms with van der Waals surface area (Å²) in [6.07, 6.45) is 0.869. The molecule has 26 heavy (non-hydrogen) atoms. The quantitative estimate of drug-likeness (QED) is 0.556. The van der Waals surface area contributed by atoms with Crippen molar-refractivity contribution in [2.24, 2.45) is 39.9 Å². The summed E-state index contributed by atoms with van der Waals surface area (Å²) in [6.45, 7) is 7.59. The van der Waals surface area contributed by atoms with Gasteiger partial charge in [0, 0.05) is 0 Å². The third kappa shape index (κ3) is 1.80. The summed E-state index contributed by atoms with van der Waals surface area (Å²) in [5.41, 5.74) is -1.85. The summed E-state index contributed by atoms with van der Waals surface area (Å²) in [5.74, 6) is -3.95. The third-order valence-electron chi connectivity index (χ3n) is 8.69. The van der Waals surface area contributed by atoms with E-state index in [1.807, 2.05) is 6.92 Å². The van der Waals surface area contributed by atoms with E-state index in [-0.39, 0.29) is 11.8 Å². The van der Waals surface area contributed by atoms with Crippen LogP contribution in [0.4, 0.5) is 0 Å². The zero-order chi connectivity index (χ0) is 19.2. The second kappa shape index (κ2) is 5.10. The summed E-state index contributed by atoms with van der Waals surface area (Å²) >= 11 is 0. The molecule has 4 aliphatic carbocycles. The lowest BCUT2D eigenvalue weighted by atomic mass is 9.52. The lowest BCUT2D eigenvalue weighted by molar-refractivity contribution is -0.183. The van der Waals surface area contributed by atoms with Crippen LogP contribution in [-0.2, 0) is 9.59 Å². The second-order valence-electron chi connectivity index (χ2n) is 9.69. The summed E-state index contributed by atoms with van der Waals surface area (Å²) < 4.78 is 0. The molecular formula is C20H28O6. The Morgan fingerprint density at radius 1 is 1.15 bits per heavy atom. The van der Waals surface area contributed by atoms with Crippen LogP contribution < -0.4 is 0 Å². The smallest absolute Gasteiger partial charge is 0.312 e. The summed E-state index contributed by atoms with van der Waals surface area (Å²) in [6, 6.07) is 0. The minimum atomic E-state index is -1.54. The van der Waals surface area contributed by atoms with E-state index >= 15 is 0 Å². The van der Waals surface area contributed by atoms with Crippen molar-refractivity contribution in [2.45, 2.75) is 58.2 Å². The van der Waals surface area contributed by atoms with Crippen molar-refractivity contribution in [2.75, 3.05) is 0 Å². The van der Waals surface area contributed by atoms with Gasteiger partial charge in [-0.25, -0.2) is 0 Å². The van der Waals surface area contributed by atoms with Crippen molar-refractivity contribution in [1.29, 1.82) is 0 Å². The SMILES string of the molecule is C=C1C[C@]23C[C@H]1C[C@@H](O)[C@H]2[C@]1(C)CC[C@H](O)[C@@](C)(C(=O)O)[C@H]1[C@@H]3C(=O)O. The molecule has 2 bridgehead atoms. The monoisotopic (exact) mass is 364 g/mol. The van der Waals surface area contributed by atoms with Gasteiger partial charge in [-0.05, 0) is 67.6 Å². The number of aliphatic hydroxyl groups is 2. The van der Waals surface area contributed by atoms with Gasteiger partial charge in [-0.1, -0.05) is 19.1 Å². The predicted molar refractivity (Wildman–Crippen MR) is 92.1 cm³/mol. The van der Waals surface area contributed by atoms with Crippen LogP contribution in [0.25, 0.3) is 0 Å². The van der Waals surface area contributed by atoms with Gasteiger partial charge in [0.15, 0.2) is 0 Å². The highest BCUT2D eigenvalue weighted by molar-refractivity contribution is 5.80. The molecular weight excluding hydrogens is 336 g/mol. The zero-order valence-electron chi connectivity index (χ0n) is 15.3. The molecule has 4 aliphatic rings. The second-order valence-corrected chi connectivity index (χ2v) is 9.69. The number of fused-ring (bicyclic) bond motifs is 3. The van der Waals surface area contributed by atoms with E-state index in [9.17, 15) is 30.0 Å². The Kier molecular flexibility index (Phi) is 3.53. The molecule has 9 atom stereocenters. The summed E-state index contributed by atoms with van der Waals surface area (Å²) in [7, 11) is 0. The molecule has 4 N–H and O–H groups in total. The molecule has 0 unspecified atom stereocenters. The highest BCUT2D eigenvalue weighted by Crippen LogP contribution is 2.77. The molecule has 0 amide bonds. The first-order valence-electron chi connectivity index (χ1n) is 9.50. The number of aliphatic hydroxyl groups excluding tert-OH is 2. The highest BCUT2D eigenvalue weighted by atomic mass is 16.4. The first kappa shape index (κ1) is 18.0. The number of hydrogen-bond donors (Lipinski definition) is 4. The molecule has 4 rings (SSSR count). The molecule has 0 heterocycles. The zero-order valence-corrected chi connectivity index (χ0v) is 15.3. The minimum absolute atomic E-state index is 0.105. The van der Waals surface area contributed by atoms with Crippen LogP contribution in [0.1, 0.15) is 46.0 Å². The molecule has 0 aliphatic heterocycles. The average Bonchev–Trinajstić information content (AvgIpc) is 2.92. The Morgan fingerprint density at radius 3 is 2.38 bits per heavy atom. The van der Waals surface area contributed by atoms with E-state index in [0.717, 1.165) is 5.57 Å². The topological polar surface area (TPSA) is 115 Å². The molecule has 4 saturated carbocycles. The summed E-state index contributed by atoms with van der Waals surface area (Å²) in [4.78, 5) is 24.7. The molecule has 0 aromatic carbocycles. The van der Waals surface area contributed by atoms with Gasteiger partial charge in [-0.2, -0.15) is 0 Å². The van der Waals surface area contributed by atoms with Gasteiger partial charge in [0.25, 0.3) is 0 Å². The van der Waals surface area contributed by atoms with Crippen LogP contribution in [0, 0.1) is 39.9 Å². The van der Waals surface area contributed by atoms with Gasteiger partial charge in [-0.3, -0.25) is 9.59 Å². The Morgan fingerprint density at radius 2 is 1.81 bits per heavy atom. The number of hydrogen-bond acceptors (Lipinski definition) is 4. The van der Waals surface area contributed by atoms with Gasteiger partial charge in [-0.15, -0.1) is 0 Å². The summed E-state index contributed by atoms with van der Waals surface area (Å²) in [5, 5.41) is 41.9. The van der Waals surface area contributed by atoms with Crippen LogP contribution >= 0.6 is 0 Å². The van der Waals surface area contributed by atoms with Crippen molar-refractivity contribution in [1.82, 2.24) is 0 Å². The van der Waals surface area contributed by atoms with E-state index in [1.165, 1.54) is 6.92 Å². The molecule has 0 saturated heterocycles. The van der Waals surface area contributed by atoms with Crippen LogP contribution in [0.5, 0.6) is 0 Å². The van der Waals surface area contributed by atoms with Gasteiger partial charge in [0.2, 0.25) is 0 Å². The van der Waals surface area contributed by atoms with Crippen molar-refractivity contribution >= 4 is 11.9 Å². The molecule has 144 valence electrons. The maximum Gasteiger partial charge on any atom is 0.312 e. The van der Waals surface area contributed by atoms with E-state index in [4.69, 9.17) is 0 Å². The van der Waals surface area contributed by atoms with E-state index in [2.05, 4.69) is 6.58 Å². The van der Waals surface area contributed by atoms with Crippen LogP contribution in [-0.4, -0.2) is 44.6 Å². The molecule has 0 aromatic rings. The van der Waals surface area contributed by atoms with Crippen molar-refractivity contribution in [3.05, 3.63) is 12.2 Å². The Balaban J connectivity index is 1.98. The standard InChI is InChI=1S/C20H28O6/c1-9-7-20-8-10(9)6-11(21)14(20)18(2)5-4-12(22)19(3,17(25)26)15(18)13(20)16(23)24/h10-15,21-22H,1,4-8H2,2-3H3,(H,23,24)(H,25,26)/t10-,11-,12+,13-,14+,15+,18+,19-,20-/m1/s1. The normalized spacial score (nSPS) is 55.3. The van der Waals surface area contributed by atoms with Crippen LogP contribution in [0.15, 0.2) is 12.2 Å². The maximum atomic E-state index is 12.5. The van der Waals surface area contributed by atoms with Gasteiger partial charge >= 0.3 is 11.9 Å². The largest absolute Gasteiger partial charge is 0.481 e. The van der Waals surface area contributed by atoms with E-state index in [1.54, 1.807) is 0 Å². The molecule has 4 fully saturated rings. The van der Waals surface area contributed by atoms with E-state index < -0.39 is 52.2 Å². The minimum Gasteiger partial charge on any atom is -0.481 e. The molecule has 6 nitrogen and oxygen atoms in total. The molecule has 0 aromatic heterocycles. The third-order valence-corrected chi connectivity index (χ3v) is 8.69. The molecule has 1 spiro atoms. The van der Waals surface area contributed by atoms with Gasteiger partial charge < -0.3 is 20.4 Å². The Labute approximate surface area is 152 Å². The van der Waals surface area contributed by atoms with Crippen LogP contribution in [0.3, 0.4) is 0 Å².